The van der Waals surface area contributed by atoms with E-state index in [9.17, 15) is 24.0 Å². The molecule has 30 heavy (non-hydrogen) atoms. The summed E-state index contributed by atoms with van der Waals surface area (Å²) in [7, 11) is 0. The molecule has 172 valence electrons. The number of nitrogens with two attached hydrogens (primary N) is 1. The van der Waals surface area contributed by atoms with Crippen LogP contribution in [-0.2, 0) is 24.0 Å². The predicted octanol–water partition coefficient (Wildman–Crippen LogP) is -1.04. The molecule has 0 aromatic carbocycles. The van der Waals surface area contributed by atoms with Crippen LogP contribution in [0.2, 0.25) is 0 Å². The summed E-state index contributed by atoms with van der Waals surface area (Å²) in [5.74, 6) is -5.77. The van der Waals surface area contributed by atoms with Gasteiger partial charge in [0.25, 0.3) is 0 Å². The van der Waals surface area contributed by atoms with E-state index in [4.69, 9.17) is 15.9 Å². The summed E-state index contributed by atoms with van der Waals surface area (Å²) in [6.45, 7) is 6.81. The number of amides is 3. The standard InChI is InChI=1S/C18H32N4O7S/c1-5-9(4)13(19)16(26)20-10(6-12(23)24)15(25)22-14(8(2)3)17(27)21-11(7-30)18(28)29/h8-11,13-14,30H,5-7,19H2,1-4H3,(H,20,26)(H,21,27)(H,22,25)(H,23,24)(H,28,29). The lowest BCUT2D eigenvalue weighted by Gasteiger charge is -2.27. The van der Waals surface area contributed by atoms with Crippen LogP contribution in [0.3, 0.4) is 0 Å². The van der Waals surface area contributed by atoms with Gasteiger partial charge in [-0.15, -0.1) is 0 Å². The Kier molecular flexibility index (Phi) is 12.0. The molecule has 11 nitrogen and oxygen atoms in total. The average Bonchev–Trinajstić information content (AvgIpc) is 2.66. The van der Waals surface area contributed by atoms with Crippen LogP contribution in [0.1, 0.15) is 40.5 Å². The second kappa shape index (κ2) is 13.1. The van der Waals surface area contributed by atoms with Crippen molar-refractivity contribution in [2.24, 2.45) is 17.6 Å². The van der Waals surface area contributed by atoms with Crippen molar-refractivity contribution >= 4 is 42.3 Å². The third-order valence-electron chi connectivity index (χ3n) is 4.62. The SMILES string of the molecule is CCC(C)C(N)C(=O)NC(CC(=O)O)C(=O)NC(C(=O)NC(CS)C(=O)O)C(C)C. The van der Waals surface area contributed by atoms with E-state index in [0.717, 1.165) is 0 Å². The molecule has 0 fully saturated rings. The van der Waals surface area contributed by atoms with Gasteiger partial charge in [0.15, 0.2) is 0 Å². The van der Waals surface area contributed by atoms with Crippen molar-refractivity contribution in [2.45, 2.75) is 64.7 Å². The number of carbonyl (C=O) groups excluding carboxylic acids is 3. The Morgan fingerprint density at radius 3 is 1.83 bits per heavy atom. The van der Waals surface area contributed by atoms with E-state index in [1.54, 1.807) is 20.8 Å². The maximum atomic E-state index is 12.6. The van der Waals surface area contributed by atoms with Crippen LogP contribution in [0, 0.1) is 11.8 Å². The topological polar surface area (TPSA) is 188 Å². The molecule has 0 saturated carbocycles. The first-order valence-corrected chi connectivity index (χ1v) is 10.2. The fraction of sp³-hybridized carbons (Fsp3) is 0.722. The van der Waals surface area contributed by atoms with E-state index in [1.807, 2.05) is 6.92 Å². The third kappa shape index (κ3) is 8.99. The van der Waals surface area contributed by atoms with Crippen molar-refractivity contribution in [3.05, 3.63) is 0 Å². The third-order valence-corrected chi connectivity index (χ3v) is 4.98. The molecule has 0 aliphatic rings. The number of carboxylic acid groups (broad SMARTS) is 2. The number of thiol groups is 1. The second-order valence-electron chi connectivity index (χ2n) is 7.38. The molecule has 0 rings (SSSR count). The molecular formula is C18H32N4O7S. The van der Waals surface area contributed by atoms with Gasteiger partial charge in [-0.25, -0.2) is 4.79 Å². The molecular weight excluding hydrogens is 416 g/mol. The van der Waals surface area contributed by atoms with Crippen molar-refractivity contribution in [2.75, 3.05) is 5.75 Å². The normalized spacial score (nSPS) is 16.0. The van der Waals surface area contributed by atoms with Crippen molar-refractivity contribution in [1.82, 2.24) is 16.0 Å². The van der Waals surface area contributed by atoms with Gasteiger partial charge in [0.2, 0.25) is 17.7 Å². The van der Waals surface area contributed by atoms with E-state index in [-0.39, 0.29) is 11.7 Å². The molecule has 12 heteroatoms. The summed E-state index contributed by atoms with van der Waals surface area (Å²) >= 11 is 3.86. The van der Waals surface area contributed by atoms with Gasteiger partial charge in [-0.3, -0.25) is 19.2 Å². The Labute approximate surface area is 180 Å². The molecule has 3 amide bonds. The molecule has 5 atom stereocenters. The Morgan fingerprint density at radius 2 is 1.43 bits per heavy atom. The number of aliphatic carboxylic acids is 2. The van der Waals surface area contributed by atoms with E-state index in [1.165, 1.54) is 0 Å². The zero-order valence-electron chi connectivity index (χ0n) is 17.5. The lowest BCUT2D eigenvalue weighted by atomic mass is 9.98. The lowest BCUT2D eigenvalue weighted by molar-refractivity contribution is -0.143. The van der Waals surface area contributed by atoms with Gasteiger partial charge in [0.05, 0.1) is 12.5 Å². The largest absolute Gasteiger partial charge is 0.481 e. The first-order chi connectivity index (χ1) is 13.8. The summed E-state index contributed by atoms with van der Waals surface area (Å²) in [4.78, 5) is 59.6. The summed E-state index contributed by atoms with van der Waals surface area (Å²) in [5.41, 5.74) is 5.83. The lowest BCUT2D eigenvalue weighted by Crippen LogP contribution is -2.59. The maximum absolute atomic E-state index is 12.6. The van der Waals surface area contributed by atoms with Crippen LogP contribution in [0.15, 0.2) is 0 Å². The van der Waals surface area contributed by atoms with Crippen molar-refractivity contribution < 1.29 is 34.2 Å². The number of hydrogen-bond acceptors (Lipinski definition) is 7. The molecule has 0 aliphatic heterocycles. The number of carboxylic acids is 2. The second-order valence-corrected chi connectivity index (χ2v) is 7.75. The smallest absolute Gasteiger partial charge is 0.327 e. The zero-order valence-corrected chi connectivity index (χ0v) is 18.4. The quantitative estimate of drug-likeness (QED) is 0.174. The summed E-state index contributed by atoms with van der Waals surface area (Å²) < 4.78 is 0. The molecule has 0 heterocycles. The van der Waals surface area contributed by atoms with Crippen LogP contribution in [-0.4, -0.2) is 69.8 Å². The molecule has 0 radical (unpaired) electrons. The molecule has 0 aliphatic carbocycles. The molecule has 5 unspecified atom stereocenters. The van der Waals surface area contributed by atoms with Crippen LogP contribution in [0.4, 0.5) is 0 Å². The molecule has 0 spiro atoms. The summed E-state index contributed by atoms with van der Waals surface area (Å²) in [6.07, 6.45) is -0.110. The summed E-state index contributed by atoms with van der Waals surface area (Å²) in [5, 5.41) is 25.1. The molecule has 0 aromatic heterocycles. The first kappa shape index (κ1) is 27.7. The number of rotatable bonds is 13. The summed E-state index contributed by atoms with van der Waals surface area (Å²) in [6, 6.07) is -4.81. The van der Waals surface area contributed by atoms with E-state index >= 15 is 0 Å². The predicted molar refractivity (Wildman–Crippen MR) is 112 cm³/mol. The highest BCUT2D eigenvalue weighted by Gasteiger charge is 2.33. The van der Waals surface area contributed by atoms with E-state index in [0.29, 0.717) is 6.42 Å². The highest BCUT2D eigenvalue weighted by Crippen LogP contribution is 2.08. The molecule has 0 saturated heterocycles. The highest BCUT2D eigenvalue weighted by molar-refractivity contribution is 7.80. The number of nitrogens with one attached hydrogen (secondary N) is 3. The number of hydrogen-bond donors (Lipinski definition) is 7. The molecule has 7 N–H and O–H groups in total. The Hall–Kier alpha value is -2.34. The molecule has 0 bridgehead atoms. The molecule has 0 aromatic rings. The zero-order chi connectivity index (χ0) is 23.6. The van der Waals surface area contributed by atoms with Crippen LogP contribution >= 0.6 is 12.6 Å². The van der Waals surface area contributed by atoms with E-state index < -0.39 is 66.2 Å². The van der Waals surface area contributed by atoms with Crippen molar-refractivity contribution in [3.8, 4) is 0 Å². The Balaban J connectivity index is 5.40. The maximum Gasteiger partial charge on any atom is 0.327 e. The van der Waals surface area contributed by atoms with Gasteiger partial charge < -0.3 is 31.9 Å². The Morgan fingerprint density at radius 1 is 0.900 bits per heavy atom. The van der Waals surface area contributed by atoms with Gasteiger partial charge in [-0.2, -0.15) is 12.6 Å². The number of carbonyl (C=O) groups is 5. The first-order valence-electron chi connectivity index (χ1n) is 9.57. The van der Waals surface area contributed by atoms with Gasteiger partial charge >= 0.3 is 11.9 Å². The van der Waals surface area contributed by atoms with Crippen LogP contribution in [0.25, 0.3) is 0 Å². The van der Waals surface area contributed by atoms with Crippen LogP contribution < -0.4 is 21.7 Å². The monoisotopic (exact) mass is 448 g/mol. The highest BCUT2D eigenvalue weighted by atomic mass is 32.1. The Bertz CT molecular complexity index is 644. The van der Waals surface area contributed by atoms with Crippen molar-refractivity contribution in [1.29, 1.82) is 0 Å². The fourth-order valence-electron chi connectivity index (χ4n) is 2.40. The van der Waals surface area contributed by atoms with E-state index in [2.05, 4.69) is 28.6 Å². The minimum absolute atomic E-state index is 0.162. The van der Waals surface area contributed by atoms with Gasteiger partial charge in [-0.1, -0.05) is 34.1 Å². The minimum Gasteiger partial charge on any atom is -0.481 e. The van der Waals surface area contributed by atoms with Gasteiger partial charge in [0, 0.05) is 5.75 Å². The van der Waals surface area contributed by atoms with Gasteiger partial charge in [0.1, 0.15) is 18.1 Å². The van der Waals surface area contributed by atoms with Crippen LogP contribution in [0.5, 0.6) is 0 Å². The van der Waals surface area contributed by atoms with Crippen molar-refractivity contribution in [3.63, 3.8) is 0 Å². The fourth-order valence-corrected chi connectivity index (χ4v) is 2.65. The average molecular weight is 449 g/mol. The minimum atomic E-state index is -1.46. The van der Waals surface area contributed by atoms with Gasteiger partial charge in [-0.05, 0) is 11.8 Å².